The third kappa shape index (κ3) is 6.06. The minimum absolute atomic E-state index is 0.113. The molecule has 0 amide bonds. The lowest BCUT2D eigenvalue weighted by Crippen LogP contribution is -2.24. The number of nitrogens with zero attached hydrogens (tertiary/aromatic N) is 1. The maximum atomic E-state index is 13.2. The van der Waals surface area contributed by atoms with E-state index in [9.17, 15) is 13.6 Å². The normalized spacial score (nSPS) is 11.5. The minimum atomic E-state index is -2.84. The van der Waals surface area contributed by atoms with Crippen LogP contribution in [0.5, 0.6) is 11.5 Å². The molecule has 0 radical (unpaired) electrons. The molecule has 0 spiro atoms. The van der Waals surface area contributed by atoms with Crippen molar-refractivity contribution in [3.8, 4) is 34.1 Å². The molecule has 1 aromatic heterocycles. The van der Waals surface area contributed by atoms with E-state index in [1.807, 2.05) is 0 Å². The van der Waals surface area contributed by atoms with Crippen molar-refractivity contribution in [3.63, 3.8) is 0 Å². The van der Waals surface area contributed by atoms with Crippen LogP contribution in [-0.2, 0) is 9.53 Å². The zero-order valence-corrected chi connectivity index (χ0v) is 18.4. The molecule has 2 aromatic carbocycles. The highest BCUT2D eigenvalue weighted by atomic mass is 19.3. The van der Waals surface area contributed by atoms with Gasteiger partial charge in [0.25, 0.3) is 5.89 Å². The van der Waals surface area contributed by atoms with Gasteiger partial charge in [-0.3, -0.25) is 4.79 Å². The van der Waals surface area contributed by atoms with Crippen molar-refractivity contribution in [2.45, 2.75) is 39.2 Å². The third-order valence-electron chi connectivity index (χ3n) is 4.31. The van der Waals surface area contributed by atoms with Crippen LogP contribution in [0.1, 0.15) is 39.5 Å². The van der Waals surface area contributed by atoms with Gasteiger partial charge in [-0.2, -0.15) is 8.78 Å². The second-order valence-corrected chi connectivity index (χ2v) is 7.97. The fourth-order valence-electron chi connectivity index (χ4n) is 2.92. The molecule has 0 unspecified atom stereocenters. The summed E-state index contributed by atoms with van der Waals surface area (Å²) in [4.78, 5) is 15.8. The first-order valence-corrected chi connectivity index (χ1v) is 10.0. The topological polar surface area (TPSA) is 70.8 Å². The summed E-state index contributed by atoms with van der Waals surface area (Å²) in [5.41, 5.74) is 0.934. The van der Waals surface area contributed by atoms with Gasteiger partial charge in [-0.05, 0) is 69.3 Å². The molecule has 170 valence electrons. The average Bonchev–Trinajstić information content (AvgIpc) is 3.19. The standard InChI is InChI=1S/C24H25F2NO5/c1-24(2,3)32-19(28)13-14-30-18-11-5-15(6-12-18)20-21(31-23(27-20)22(25)26)16-7-9-17(29-4)10-8-16/h5-12,22H,13-14H2,1-4H3. The molecule has 3 aromatic rings. The molecule has 0 aliphatic rings. The average molecular weight is 445 g/mol. The van der Waals surface area contributed by atoms with Gasteiger partial charge in [-0.1, -0.05) is 0 Å². The molecule has 0 atom stereocenters. The van der Waals surface area contributed by atoms with E-state index in [-0.39, 0.29) is 24.8 Å². The number of esters is 1. The second-order valence-electron chi connectivity index (χ2n) is 7.97. The number of ether oxygens (including phenoxy) is 3. The second kappa shape index (κ2) is 9.80. The number of oxazole rings is 1. The molecule has 0 saturated carbocycles. The summed E-state index contributed by atoms with van der Waals surface area (Å²) in [6.45, 7) is 5.56. The van der Waals surface area contributed by atoms with Gasteiger partial charge in [0.15, 0.2) is 5.76 Å². The number of benzene rings is 2. The summed E-state index contributed by atoms with van der Waals surface area (Å²) >= 11 is 0. The van der Waals surface area contributed by atoms with E-state index < -0.39 is 17.9 Å². The van der Waals surface area contributed by atoms with Crippen LogP contribution in [0, 0.1) is 0 Å². The summed E-state index contributed by atoms with van der Waals surface area (Å²) in [6, 6.07) is 13.6. The molecule has 0 fully saturated rings. The molecule has 0 bridgehead atoms. The van der Waals surface area contributed by atoms with E-state index >= 15 is 0 Å². The van der Waals surface area contributed by atoms with Crippen LogP contribution < -0.4 is 9.47 Å². The maximum Gasteiger partial charge on any atom is 0.313 e. The number of alkyl halides is 2. The highest BCUT2D eigenvalue weighted by Gasteiger charge is 2.22. The molecule has 0 aliphatic carbocycles. The highest BCUT2D eigenvalue weighted by molar-refractivity contribution is 5.77. The maximum absolute atomic E-state index is 13.2. The van der Waals surface area contributed by atoms with E-state index in [1.165, 1.54) is 0 Å². The van der Waals surface area contributed by atoms with E-state index in [4.69, 9.17) is 18.6 Å². The van der Waals surface area contributed by atoms with Crippen molar-refractivity contribution in [2.75, 3.05) is 13.7 Å². The molecule has 0 aliphatic heterocycles. The molecular formula is C24H25F2NO5. The van der Waals surface area contributed by atoms with Gasteiger partial charge >= 0.3 is 12.4 Å². The van der Waals surface area contributed by atoms with Crippen molar-refractivity contribution < 1.29 is 32.2 Å². The Bertz CT molecular complexity index is 1040. The number of methoxy groups -OCH3 is 1. The molecule has 3 rings (SSSR count). The van der Waals surface area contributed by atoms with Crippen LogP contribution in [0.3, 0.4) is 0 Å². The van der Waals surface area contributed by atoms with Crippen molar-refractivity contribution in [3.05, 3.63) is 54.4 Å². The Morgan fingerprint density at radius 1 is 1.00 bits per heavy atom. The Hall–Kier alpha value is -3.42. The fraction of sp³-hybridized carbons (Fsp3) is 0.333. The summed E-state index contributed by atoms with van der Waals surface area (Å²) in [6.07, 6.45) is -2.72. The first-order valence-electron chi connectivity index (χ1n) is 10.0. The Balaban J connectivity index is 1.75. The number of rotatable bonds is 8. The first kappa shape index (κ1) is 23.2. The van der Waals surface area contributed by atoms with Gasteiger partial charge in [0.1, 0.15) is 22.8 Å². The molecule has 0 N–H and O–H groups in total. The largest absolute Gasteiger partial charge is 0.497 e. The molecule has 6 nitrogen and oxygen atoms in total. The Labute approximate surface area is 185 Å². The Kier molecular flexibility index (Phi) is 7.12. The summed E-state index contributed by atoms with van der Waals surface area (Å²) in [5, 5.41) is 0. The van der Waals surface area contributed by atoms with Crippen molar-refractivity contribution in [1.82, 2.24) is 4.98 Å². The molecule has 8 heteroatoms. The lowest BCUT2D eigenvalue weighted by Gasteiger charge is -2.19. The highest BCUT2D eigenvalue weighted by Crippen LogP contribution is 2.36. The van der Waals surface area contributed by atoms with E-state index in [2.05, 4.69) is 4.98 Å². The van der Waals surface area contributed by atoms with Gasteiger partial charge < -0.3 is 18.6 Å². The number of carbonyl (C=O) groups excluding carboxylic acids is 1. The number of carbonyl (C=O) groups is 1. The van der Waals surface area contributed by atoms with Crippen LogP contribution in [0.2, 0.25) is 0 Å². The van der Waals surface area contributed by atoms with Crippen LogP contribution >= 0.6 is 0 Å². The predicted molar refractivity (Wildman–Crippen MR) is 115 cm³/mol. The number of hydrogen-bond donors (Lipinski definition) is 0. The summed E-state index contributed by atoms with van der Waals surface area (Å²) < 4.78 is 47.8. The van der Waals surface area contributed by atoms with Gasteiger partial charge in [-0.15, -0.1) is 0 Å². The van der Waals surface area contributed by atoms with Crippen LogP contribution in [-0.4, -0.2) is 30.3 Å². The monoisotopic (exact) mass is 445 g/mol. The number of aromatic nitrogens is 1. The van der Waals surface area contributed by atoms with Gasteiger partial charge in [-0.25, -0.2) is 4.98 Å². The first-order chi connectivity index (χ1) is 15.2. The summed E-state index contributed by atoms with van der Waals surface area (Å²) in [5.74, 6) is 0.406. The lowest BCUT2D eigenvalue weighted by atomic mass is 10.1. The summed E-state index contributed by atoms with van der Waals surface area (Å²) in [7, 11) is 1.54. The number of hydrogen-bond acceptors (Lipinski definition) is 6. The van der Waals surface area contributed by atoms with Crippen molar-refractivity contribution in [2.24, 2.45) is 0 Å². The van der Waals surface area contributed by atoms with Crippen molar-refractivity contribution >= 4 is 5.97 Å². The molecular weight excluding hydrogens is 420 g/mol. The molecule has 0 saturated heterocycles. The zero-order chi connectivity index (χ0) is 23.3. The zero-order valence-electron chi connectivity index (χ0n) is 18.4. The third-order valence-corrected chi connectivity index (χ3v) is 4.31. The fourth-order valence-corrected chi connectivity index (χ4v) is 2.92. The van der Waals surface area contributed by atoms with Gasteiger partial charge in [0.05, 0.1) is 20.1 Å². The molecule has 32 heavy (non-hydrogen) atoms. The molecule has 1 heterocycles. The van der Waals surface area contributed by atoms with E-state index in [0.717, 1.165) is 0 Å². The van der Waals surface area contributed by atoms with Crippen LogP contribution in [0.4, 0.5) is 8.78 Å². The SMILES string of the molecule is COc1ccc(-c2oc(C(F)F)nc2-c2ccc(OCCC(=O)OC(C)(C)C)cc2)cc1. The minimum Gasteiger partial charge on any atom is -0.497 e. The van der Waals surface area contributed by atoms with E-state index in [1.54, 1.807) is 76.4 Å². The predicted octanol–water partition coefficient (Wildman–Crippen LogP) is 6.07. The smallest absolute Gasteiger partial charge is 0.313 e. The van der Waals surface area contributed by atoms with Gasteiger partial charge in [0.2, 0.25) is 0 Å². The quantitative estimate of drug-likeness (QED) is 0.392. The lowest BCUT2D eigenvalue weighted by molar-refractivity contribution is -0.155. The van der Waals surface area contributed by atoms with Crippen LogP contribution in [0.25, 0.3) is 22.6 Å². The van der Waals surface area contributed by atoms with E-state index in [0.29, 0.717) is 28.3 Å². The van der Waals surface area contributed by atoms with Crippen molar-refractivity contribution in [1.29, 1.82) is 0 Å². The Morgan fingerprint density at radius 2 is 1.59 bits per heavy atom. The van der Waals surface area contributed by atoms with Crippen LogP contribution in [0.15, 0.2) is 52.9 Å². The Morgan fingerprint density at radius 3 is 2.16 bits per heavy atom. The number of halogens is 2. The van der Waals surface area contributed by atoms with Gasteiger partial charge in [0, 0.05) is 11.1 Å².